The van der Waals surface area contributed by atoms with Crippen LogP contribution in [0.2, 0.25) is 0 Å². The molecule has 3 nitrogen and oxygen atoms in total. The molecule has 2 N–H and O–H groups in total. The number of nitrogens with one attached hydrogen (secondary N) is 1. The second-order valence-corrected chi connectivity index (χ2v) is 4.53. The normalized spacial score (nSPS) is 12.5. The van der Waals surface area contributed by atoms with Gasteiger partial charge in [-0.1, -0.05) is 6.92 Å². The van der Waals surface area contributed by atoms with Gasteiger partial charge >= 0.3 is 0 Å². The molecule has 0 aliphatic rings. The summed E-state index contributed by atoms with van der Waals surface area (Å²) in [6.07, 6.45) is 0.672. The van der Waals surface area contributed by atoms with E-state index in [2.05, 4.69) is 5.32 Å². The molecule has 0 saturated carbocycles. The number of carbonyl (C=O) groups is 1. The van der Waals surface area contributed by atoms with Crippen molar-refractivity contribution in [1.82, 2.24) is 5.32 Å². The molecule has 1 atom stereocenters. The fraction of sp³-hybridized carbons (Fsp3) is 0.545. The van der Waals surface area contributed by atoms with E-state index in [0.717, 1.165) is 0 Å². The van der Waals surface area contributed by atoms with Crippen molar-refractivity contribution >= 4 is 17.2 Å². The van der Waals surface area contributed by atoms with E-state index >= 15 is 0 Å². The van der Waals surface area contributed by atoms with Gasteiger partial charge in [-0.05, 0) is 30.4 Å². The second-order valence-electron chi connectivity index (χ2n) is 3.53. The summed E-state index contributed by atoms with van der Waals surface area (Å²) >= 11 is 1.64. The third-order valence-electron chi connectivity index (χ3n) is 2.48. The van der Waals surface area contributed by atoms with Crippen molar-refractivity contribution in [1.29, 1.82) is 0 Å². The van der Waals surface area contributed by atoms with Crippen molar-refractivity contribution in [2.45, 2.75) is 26.8 Å². The molecular weight excluding hydrogens is 210 g/mol. The van der Waals surface area contributed by atoms with Crippen LogP contribution in [0.3, 0.4) is 0 Å². The molecule has 1 rings (SSSR count). The zero-order chi connectivity index (χ0) is 11.3. The molecule has 1 unspecified atom stereocenters. The number of aliphatic hydroxyl groups excluding tert-OH is 1. The fourth-order valence-corrected chi connectivity index (χ4v) is 2.14. The number of aryl methyl sites for hydroxylation is 1. The first-order valence-corrected chi connectivity index (χ1v) is 5.98. The Bertz CT molecular complexity index is 318. The van der Waals surface area contributed by atoms with Crippen LogP contribution in [0.1, 0.15) is 23.8 Å². The van der Waals surface area contributed by atoms with Gasteiger partial charge in [0.1, 0.15) is 0 Å². The van der Waals surface area contributed by atoms with Crippen LogP contribution >= 0.6 is 11.3 Å². The monoisotopic (exact) mass is 227 g/mol. The number of hydrogen-bond donors (Lipinski definition) is 2. The fourth-order valence-electron chi connectivity index (χ4n) is 1.29. The highest BCUT2D eigenvalue weighted by molar-refractivity contribution is 7.10. The van der Waals surface area contributed by atoms with E-state index < -0.39 is 0 Å². The number of hydrogen-bond acceptors (Lipinski definition) is 3. The lowest BCUT2D eigenvalue weighted by Crippen LogP contribution is -2.31. The van der Waals surface area contributed by atoms with Gasteiger partial charge in [0.2, 0.25) is 5.91 Å². The van der Waals surface area contributed by atoms with Gasteiger partial charge in [0.05, 0.1) is 19.1 Å². The molecule has 84 valence electrons. The van der Waals surface area contributed by atoms with Crippen molar-refractivity contribution in [3.63, 3.8) is 0 Å². The number of amides is 1. The summed E-state index contributed by atoms with van der Waals surface area (Å²) in [5.41, 5.74) is 1.21. The maximum atomic E-state index is 11.5. The van der Waals surface area contributed by atoms with Gasteiger partial charge in [-0.15, -0.1) is 11.3 Å². The minimum Gasteiger partial charge on any atom is -0.396 e. The summed E-state index contributed by atoms with van der Waals surface area (Å²) in [5.74, 6) is -0.335. The largest absolute Gasteiger partial charge is 0.396 e. The molecule has 0 fully saturated rings. The van der Waals surface area contributed by atoms with E-state index in [0.29, 0.717) is 13.0 Å². The smallest absolute Gasteiger partial charge is 0.225 e. The quantitative estimate of drug-likeness (QED) is 0.804. The predicted molar refractivity (Wildman–Crippen MR) is 61.8 cm³/mol. The van der Waals surface area contributed by atoms with E-state index in [9.17, 15) is 4.79 Å². The van der Waals surface area contributed by atoms with Crippen molar-refractivity contribution in [2.24, 2.45) is 5.92 Å². The van der Waals surface area contributed by atoms with E-state index in [1.807, 2.05) is 25.3 Å². The number of thiophene rings is 1. The Kier molecular flexibility index (Phi) is 4.78. The van der Waals surface area contributed by atoms with Crippen LogP contribution in [0.25, 0.3) is 0 Å². The molecule has 1 heterocycles. The molecule has 15 heavy (non-hydrogen) atoms. The van der Waals surface area contributed by atoms with Crippen LogP contribution in [0.5, 0.6) is 0 Å². The van der Waals surface area contributed by atoms with Crippen molar-refractivity contribution in [3.8, 4) is 0 Å². The molecule has 0 aromatic carbocycles. The molecule has 0 saturated heterocycles. The summed E-state index contributed by atoms with van der Waals surface area (Å²) in [4.78, 5) is 12.7. The maximum Gasteiger partial charge on any atom is 0.225 e. The van der Waals surface area contributed by atoms with Crippen LogP contribution < -0.4 is 5.32 Å². The third kappa shape index (κ3) is 3.32. The standard InChI is InChI=1S/C11H17NO2S/c1-3-9(7-13)11(14)12-6-10-8(2)4-5-15-10/h4-5,9,13H,3,6-7H2,1-2H3,(H,12,14). The first-order valence-electron chi connectivity index (χ1n) is 5.10. The minimum absolute atomic E-state index is 0.0622. The summed E-state index contributed by atoms with van der Waals surface area (Å²) < 4.78 is 0. The lowest BCUT2D eigenvalue weighted by molar-refractivity contribution is -0.126. The molecule has 1 aromatic rings. The third-order valence-corrected chi connectivity index (χ3v) is 3.50. The Morgan fingerprint density at radius 2 is 2.40 bits per heavy atom. The molecule has 1 aromatic heterocycles. The highest BCUT2D eigenvalue weighted by Crippen LogP contribution is 2.15. The minimum atomic E-state index is -0.273. The molecule has 0 bridgehead atoms. The average molecular weight is 227 g/mol. The van der Waals surface area contributed by atoms with Crippen molar-refractivity contribution in [3.05, 3.63) is 21.9 Å². The SMILES string of the molecule is CCC(CO)C(=O)NCc1sccc1C. The molecule has 0 aliphatic heterocycles. The number of carbonyl (C=O) groups excluding carboxylic acids is 1. The van der Waals surface area contributed by atoms with E-state index in [4.69, 9.17) is 5.11 Å². The highest BCUT2D eigenvalue weighted by atomic mass is 32.1. The Balaban J connectivity index is 2.43. The van der Waals surface area contributed by atoms with E-state index in [1.54, 1.807) is 11.3 Å². The molecule has 0 aliphatic carbocycles. The van der Waals surface area contributed by atoms with Crippen molar-refractivity contribution < 1.29 is 9.90 Å². The summed E-state index contributed by atoms with van der Waals surface area (Å²) in [7, 11) is 0. The number of aliphatic hydroxyl groups is 1. The van der Waals surface area contributed by atoms with E-state index in [-0.39, 0.29) is 18.4 Å². The van der Waals surface area contributed by atoms with Crippen LogP contribution in [0, 0.1) is 12.8 Å². The van der Waals surface area contributed by atoms with Crippen molar-refractivity contribution in [2.75, 3.05) is 6.61 Å². The zero-order valence-corrected chi connectivity index (χ0v) is 9.93. The Morgan fingerprint density at radius 3 is 2.87 bits per heavy atom. The molecule has 0 radical (unpaired) electrons. The van der Waals surface area contributed by atoms with Gasteiger partial charge < -0.3 is 10.4 Å². The Labute approximate surface area is 94.1 Å². The average Bonchev–Trinajstić information content (AvgIpc) is 2.63. The topological polar surface area (TPSA) is 49.3 Å². The molecule has 4 heteroatoms. The molecular formula is C11H17NO2S. The van der Waals surface area contributed by atoms with Gasteiger partial charge in [-0.3, -0.25) is 4.79 Å². The van der Waals surface area contributed by atoms with Gasteiger partial charge in [0.25, 0.3) is 0 Å². The summed E-state index contributed by atoms with van der Waals surface area (Å²) in [5, 5.41) is 13.8. The highest BCUT2D eigenvalue weighted by Gasteiger charge is 2.14. The first-order chi connectivity index (χ1) is 7.19. The summed E-state index contributed by atoms with van der Waals surface area (Å²) in [6, 6.07) is 2.04. The summed E-state index contributed by atoms with van der Waals surface area (Å²) in [6.45, 7) is 4.42. The lowest BCUT2D eigenvalue weighted by atomic mass is 10.1. The Morgan fingerprint density at radius 1 is 1.67 bits per heavy atom. The van der Waals surface area contributed by atoms with Crippen LogP contribution in [-0.2, 0) is 11.3 Å². The van der Waals surface area contributed by atoms with Gasteiger partial charge in [0.15, 0.2) is 0 Å². The maximum absolute atomic E-state index is 11.5. The zero-order valence-electron chi connectivity index (χ0n) is 9.12. The number of rotatable bonds is 5. The first kappa shape index (κ1) is 12.2. The lowest BCUT2D eigenvalue weighted by Gasteiger charge is -2.11. The Hall–Kier alpha value is -0.870. The van der Waals surface area contributed by atoms with Crippen LogP contribution in [0.15, 0.2) is 11.4 Å². The van der Waals surface area contributed by atoms with E-state index in [1.165, 1.54) is 10.4 Å². The molecule has 0 spiro atoms. The van der Waals surface area contributed by atoms with Gasteiger partial charge in [0, 0.05) is 4.88 Å². The molecule has 1 amide bonds. The van der Waals surface area contributed by atoms with Gasteiger partial charge in [-0.25, -0.2) is 0 Å². The van der Waals surface area contributed by atoms with Crippen LogP contribution in [-0.4, -0.2) is 17.6 Å². The predicted octanol–water partition coefficient (Wildman–Crippen LogP) is 1.69. The van der Waals surface area contributed by atoms with Crippen LogP contribution in [0.4, 0.5) is 0 Å². The second kappa shape index (κ2) is 5.88. The van der Waals surface area contributed by atoms with Gasteiger partial charge in [-0.2, -0.15) is 0 Å².